The van der Waals surface area contributed by atoms with Crippen molar-refractivity contribution in [1.82, 2.24) is 0 Å². The Hall–Kier alpha value is -2.86. The monoisotopic (exact) mass is 565 g/mol. The number of hydrogen-bond donors (Lipinski definition) is 1. The minimum atomic E-state index is -0.320. The van der Waals surface area contributed by atoms with Gasteiger partial charge in [-0.15, -0.1) is 0 Å². The lowest BCUT2D eigenvalue weighted by molar-refractivity contribution is -0.928. The molecule has 0 heterocycles. The number of rotatable bonds is 18. The van der Waals surface area contributed by atoms with Crippen molar-refractivity contribution in [2.24, 2.45) is 5.92 Å². The number of carbonyl (C=O) groups excluding carboxylic acids is 2. The van der Waals surface area contributed by atoms with Crippen LogP contribution in [-0.2, 0) is 4.74 Å². The molecule has 0 spiro atoms. The van der Waals surface area contributed by atoms with Crippen molar-refractivity contribution in [1.29, 1.82) is 0 Å². The number of nitrogens with one attached hydrogen (secondary N) is 1. The lowest BCUT2D eigenvalue weighted by Crippen LogP contribution is -2.52. The van der Waals surface area contributed by atoms with Gasteiger partial charge in [0, 0.05) is 11.6 Å². The van der Waals surface area contributed by atoms with Gasteiger partial charge in [-0.2, -0.15) is 0 Å². The molecule has 0 bridgehead atoms. The summed E-state index contributed by atoms with van der Waals surface area (Å²) in [5, 5.41) is 2.93. The molecule has 0 aromatic heterocycles. The molecule has 1 N–H and O–H groups in total. The molecule has 41 heavy (non-hydrogen) atoms. The van der Waals surface area contributed by atoms with Gasteiger partial charge in [-0.1, -0.05) is 70.4 Å². The van der Waals surface area contributed by atoms with E-state index in [2.05, 4.69) is 26.1 Å². The van der Waals surface area contributed by atoms with Gasteiger partial charge in [0.1, 0.15) is 18.9 Å². The summed E-state index contributed by atoms with van der Waals surface area (Å²) in [4.78, 5) is 25.8. The van der Waals surface area contributed by atoms with Crippen molar-refractivity contribution in [3.05, 3.63) is 59.7 Å². The van der Waals surface area contributed by atoms with Crippen LogP contribution in [0, 0.1) is 5.92 Å². The average Bonchev–Trinajstić information content (AvgIpc) is 3.01. The fourth-order valence-corrected chi connectivity index (χ4v) is 5.95. The highest BCUT2D eigenvalue weighted by molar-refractivity contribution is 6.06. The molecule has 2 aromatic rings. The number of anilines is 1. The zero-order chi connectivity index (χ0) is 29.3. The van der Waals surface area contributed by atoms with Crippen LogP contribution in [-0.4, -0.2) is 55.8 Å². The Morgan fingerprint density at radius 2 is 1.51 bits per heavy atom. The molecule has 6 nitrogen and oxygen atoms in total. The standard InChI is InChI=1S/C35H52N2O4/c1-4-7-8-9-10-16-26-40-33-20-15-14-19-32(33)34(38)36-31-23-21-30(22-24-31)35(39)41-27-25-37(5-2,6-3)28-29-17-12-11-13-18-29/h14-15,19-24,29H,4-13,16-18,25-28H2,1-3H3/p+1. The Bertz CT molecular complexity index is 1040. The van der Waals surface area contributed by atoms with Crippen molar-refractivity contribution < 1.29 is 23.5 Å². The molecule has 1 amide bonds. The maximum atomic E-state index is 13.0. The number of quaternary nitrogens is 1. The molecule has 6 heteroatoms. The lowest BCUT2D eigenvalue weighted by Gasteiger charge is -2.40. The quantitative estimate of drug-likeness (QED) is 0.112. The van der Waals surface area contributed by atoms with Crippen molar-refractivity contribution in [3.8, 4) is 5.75 Å². The zero-order valence-electron chi connectivity index (χ0n) is 25.8. The third-order valence-corrected chi connectivity index (χ3v) is 8.78. The van der Waals surface area contributed by atoms with Crippen molar-refractivity contribution in [3.63, 3.8) is 0 Å². The topological polar surface area (TPSA) is 64.6 Å². The Kier molecular flexibility index (Phi) is 14.2. The predicted molar refractivity (Wildman–Crippen MR) is 168 cm³/mol. The molecule has 226 valence electrons. The van der Waals surface area contributed by atoms with Gasteiger partial charge in [0.05, 0.1) is 37.4 Å². The highest BCUT2D eigenvalue weighted by atomic mass is 16.5. The number of ether oxygens (including phenoxy) is 2. The second kappa shape index (κ2) is 17.8. The number of hydrogen-bond acceptors (Lipinski definition) is 4. The molecule has 1 aliphatic carbocycles. The van der Waals surface area contributed by atoms with Crippen LogP contribution >= 0.6 is 0 Å². The second-order valence-electron chi connectivity index (χ2n) is 11.7. The van der Waals surface area contributed by atoms with Crippen LogP contribution in [0.25, 0.3) is 0 Å². The van der Waals surface area contributed by atoms with Crippen LogP contribution in [0.15, 0.2) is 48.5 Å². The third kappa shape index (κ3) is 10.8. The molecule has 1 fully saturated rings. The molecule has 0 unspecified atom stereocenters. The number of carbonyl (C=O) groups is 2. The van der Waals surface area contributed by atoms with E-state index in [-0.39, 0.29) is 11.9 Å². The first-order valence-electron chi connectivity index (χ1n) is 16.2. The minimum absolute atomic E-state index is 0.231. The van der Waals surface area contributed by atoms with E-state index in [1.165, 1.54) is 64.3 Å². The molecule has 2 aromatic carbocycles. The predicted octanol–water partition coefficient (Wildman–Crippen LogP) is 8.27. The molecule has 3 rings (SSSR count). The molecule has 1 aliphatic rings. The number of benzene rings is 2. The van der Waals surface area contributed by atoms with Gasteiger partial charge in [0.25, 0.3) is 5.91 Å². The number of likely N-dealkylation sites (N-methyl/N-ethyl adjacent to an activating group) is 1. The van der Waals surface area contributed by atoms with Crippen molar-refractivity contribution in [2.45, 2.75) is 91.4 Å². The van der Waals surface area contributed by atoms with E-state index in [9.17, 15) is 9.59 Å². The number of unbranched alkanes of at least 4 members (excludes halogenated alkanes) is 5. The van der Waals surface area contributed by atoms with Crippen LogP contribution < -0.4 is 10.1 Å². The van der Waals surface area contributed by atoms with E-state index >= 15 is 0 Å². The normalized spacial score (nSPS) is 14.0. The van der Waals surface area contributed by atoms with Gasteiger partial charge in [-0.05, 0) is 69.5 Å². The fraction of sp³-hybridized carbons (Fsp3) is 0.600. The van der Waals surface area contributed by atoms with Crippen molar-refractivity contribution >= 4 is 17.6 Å². The zero-order valence-corrected chi connectivity index (χ0v) is 25.8. The van der Waals surface area contributed by atoms with Crippen LogP contribution in [0.2, 0.25) is 0 Å². The van der Waals surface area contributed by atoms with E-state index < -0.39 is 0 Å². The molecule has 0 atom stereocenters. The summed E-state index contributed by atoms with van der Waals surface area (Å²) in [5.74, 6) is 0.834. The molecular weight excluding hydrogens is 512 g/mol. The summed E-state index contributed by atoms with van der Waals surface area (Å²) in [6, 6.07) is 14.2. The summed E-state index contributed by atoms with van der Waals surface area (Å²) in [6.45, 7) is 11.9. The van der Waals surface area contributed by atoms with Crippen LogP contribution in [0.1, 0.15) is 112 Å². The maximum absolute atomic E-state index is 13.0. The van der Waals surface area contributed by atoms with Gasteiger partial charge in [0.2, 0.25) is 0 Å². The van der Waals surface area contributed by atoms with E-state index in [4.69, 9.17) is 9.47 Å². The van der Waals surface area contributed by atoms with E-state index in [1.807, 2.05) is 18.2 Å². The van der Waals surface area contributed by atoms with E-state index in [0.29, 0.717) is 35.8 Å². The molecular formula is C35H53N2O4+. The third-order valence-electron chi connectivity index (χ3n) is 8.78. The van der Waals surface area contributed by atoms with Crippen LogP contribution in [0.5, 0.6) is 5.75 Å². The largest absolute Gasteiger partial charge is 0.493 e. The highest BCUT2D eigenvalue weighted by Crippen LogP contribution is 2.27. The smallest absolute Gasteiger partial charge is 0.338 e. The van der Waals surface area contributed by atoms with Gasteiger partial charge in [-0.3, -0.25) is 4.79 Å². The fourth-order valence-electron chi connectivity index (χ4n) is 5.95. The Morgan fingerprint density at radius 3 is 2.22 bits per heavy atom. The SMILES string of the molecule is CCCCCCCCOc1ccccc1C(=O)Nc1ccc(C(=O)OCC[N+](CC)(CC)CC2CCCCC2)cc1. The molecule has 0 saturated heterocycles. The Morgan fingerprint density at radius 1 is 0.829 bits per heavy atom. The van der Waals surface area contributed by atoms with Gasteiger partial charge in [-0.25, -0.2) is 4.79 Å². The lowest BCUT2D eigenvalue weighted by atomic mass is 9.88. The summed E-state index contributed by atoms with van der Waals surface area (Å²) >= 11 is 0. The minimum Gasteiger partial charge on any atom is -0.493 e. The van der Waals surface area contributed by atoms with Crippen LogP contribution in [0.3, 0.4) is 0 Å². The van der Waals surface area contributed by atoms with Gasteiger partial charge in [0.15, 0.2) is 0 Å². The molecule has 1 saturated carbocycles. The number of para-hydroxylation sites is 1. The first-order valence-corrected chi connectivity index (χ1v) is 16.2. The number of nitrogens with zero attached hydrogens (tertiary/aromatic N) is 1. The number of amides is 1. The molecule has 0 aliphatic heterocycles. The Balaban J connectivity index is 1.47. The van der Waals surface area contributed by atoms with Gasteiger partial charge >= 0.3 is 5.97 Å². The van der Waals surface area contributed by atoms with Crippen molar-refractivity contribution in [2.75, 3.05) is 44.7 Å². The van der Waals surface area contributed by atoms with Gasteiger partial charge < -0.3 is 19.3 Å². The summed E-state index contributed by atoms with van der Waals surface area (Å²) in [6.07, 6.45) is 13.9. The highest BCUT2D eigenvalue weighted by Gasteiger charge is 2.29. The van der Waals surface area contributed by atoms with E-state index in [1.54, 1.807) is 30.3 Å². The van der Waals surface area contributed by atoms with Crippen LogP contribution in [0.4, 0.5) is 5.69 Å². The first-order chi connectivity index (χ1) is 20.0. The number of esters is 1. The summed E-state index contributed by atoms with van der Waals surface area (Å²) in [5.41, 5.74) is 1.62. The summed E-state index contributed by atoms with van der Waals surface area (Å²) in [7, 11) is 0. The maximum Gasteiger partial charge on any atom is 0.338 e. The summed E-state index contributed by atoms with van der Waals surface area (Å²) < 4.78 is 12.7. The average molecular weight is 566 g/mol. The molecule has 0 radical (unpaired) electrons. The van der Waals surface area contributed by atoms with E-state index in [0.717, 1.165) is 42.9 Å². The first kappa shape index (κ1) is 32.7. The Labute approximate surface area is 248 Å². The second-order valence-corrected chi connectivity index (χ2v) is 11.7.